The number of ketones is 1. The van der Waals surface area contributed by atoms with Crippen molar-refractivity contribution in [1.82, 2.24) is 0 Å². The van der Waals surface area contributed by atoms with Gasteiger partial charge in [0.1, 0.15) is 0 Å². The molecule has 2 aromatic rings. The Bertz CT molecular complexity index is 632. The van der Waals surface area contributed by atoms with Crippen LogP contribution >= 0.6 is 11.6 Å². The number of esters is 1. The maximum Gasteiger partial charge on any atom is 0.338 e. The van der Waals surface area contributed by atoms with Crippen molar-refractivity contribution in [2.45, 2.75) is 6.61 Å². The summed E-state index contributed by atoms with van der Waals surface area (Å²) in [6, 6.07) is 12.7. The Morgan fingerprint density at radius 2 is 1.52 bits per heavy atom. The molecule has 0 heterocycles. The molecule has 0 atom stereocenters. The normalized spacial score (nSPS) is 10.2. The molecule has 4 nitrogen and oxygen atoms in total. The second-order valence-corrected chi connectivity index (χ2v) is 4.80. The van der Waals surface area contributed by atoms with Crippen molar-refractivity contribution in [2.75, 3.05) is 6.61 Å². The minimum absolute atomic E-state index is 0.0929. The summed E-state index contributed by atoms with van der Waals surface area (Å²) in [4.78, 5) is 23.6. The van der Waals surface area contributed by atoms with Crippen molar-refractivity contribution in [1.29, 1.82) is 0 Å². The zero-order chi connectivity index (χ0) is 15.2. The highest BCUT2D eigenvalue weighted by Gasteiger charge is 2.11. The zero-order valence-corrected chi connectivity index (χ0v) is 11.8. The zero-order valence-electron chi connectivity index (χ0n) is 11.1. The summed E-state index contributed by atoms with van der Waals surface area (Å²) in [5.41, 5.74) is 1.46. The standard InChI is InChI=1S/C16H13ClO4/c17-14-7-5-12(6-8-14)15(19)10-21-16(20)13-3-1-11(9-18)2-4-13/h1-8,18H,9-10H2. The first kappa shape index (κ1) is 15.2. The fraction of sp³-hybridized carbons (Fsp3) is 0.125. The van der Waals surface area contributed by atoms with Gasteiger partial charge in [0.15, 0.2) is 12.4 Å². The van der Waals surface area contributed by atoms with Crippen LogP contribution in [0.3, 0.4) is 0 Å². The van der Waals surface area contributed by atoms with Crippen LogP contribution in [0.15, 0.2) is 48.5 Å². The highest BCUT2D eigenvalue weighted by atomic mass is 35.5. The molecule has 2 aromatic carbocycles. The molecule has 21 heavy (non-hydrogen) atoms. The van der Waals surface area contributed by atoms with Crippen LogP contribution in [-0.4, -0.2) is 23.5 Å². The summed E-state index contributed by atoms with van der Waals surface area (Å²) in [5.74, 6) is -0.881. The Balaban J connectivity index is 1.93. The Hall–Kier alpha value is -2.17. The summed E-state index contributed by atoms with van der Waals surface area (Å²) >= 11 is 5.73. The monoisotopic (exact) mass is 304 g/mol. The lowest BCUT2D eigenvalue weighted by atomic mass is 10.1. The Morgan fingerprint density at radius 3 is 2.10 bits per heavy atom. The van der Waals surface area contributed by atoms with Crippen LogP contribution < -0.4 is 0 Å². The topological polar surface area (TPSA) is 63.6 Å². The molecule has 2 rings (SSSR count). The van der Waals surface area contributed by atoms with Gasteiger partial charge in [-0.3, -0.25) is 4.79 Å². The number of rotatable bonds is 5. The van der Waals surface area contributed by atoms with E-state index in [1.807, 2.05) is 0 Å². The van der Waals surface area contributed by atoms with Gasteiger partial charge in [-0.15, -0.1) is 0 Å². The minimum Gasteiger partial charge on any atom is -0.454 e. The number of benzene rings is 2. The van der Waals surface area contributed by atoms with E-state index in [0.717, 1.165) is 0 Å². The minimum atomic E-state index is -0.582. The molecule has 0 spiro atoms. The molecule has 0 saturated heterocycles. The highest BCUT2D eigenvalue weighted by molar-refractivity contribution is 6.30. The first-order valence-corrected chi connectivity index (χ1v) is 6.63. The van der Waals surface area contributed by atoms with Gasteiger partial charge in [-0.2, -0.15) is 0 Å². The van der Waals surface area contributed by atoms with E-state index < -0.39 is 5.97 Å². The van der Waals surface area contributed by atoms with E-state index in [0.29, 0.717) is 21.7 Å². The van der Waals surface area contributed by atoms with Crippen LogP contribution in [0.1, 0.15) is 26.3 Å². The number of aliphatic hydroxyl groups is 1. The average Bonchev–Trinajstić information content (AvgIpc) is 2.53. The van der Waals surface area contributed by atoms with Crippen LogP contribution in [0, 0.1) is 0 Å². The largest absolute Gasteiger partial charge is 0.454 e. The third-order valence-corrected chi connectivity index (χ3v) is 3.12. The first-order valence-electron chi connectivity index (χ1n) is 6.26. The van der Waals surface area contributed by atoms with E-state index in [1.165, 1.54) is 0 Å². The van der Waals surface area contributed by atoms with E-state index >= 15 is 0 Å². The molecular weight excluding hydrogens is 292 g/mol. The van der Waals surface area contributed by atoms with E-state index in [1.54, 1.807) is 48.5 Å². The fourth-order valence-electron chi connectivity index (χ4n) is 1.68. The fourth-order valence-corrected chi connectivity index (χ4v) is 1.81. The average molecular weight is 305 g/mol. The van der Waals surface area contributed by atoms with Crippen LogP contribution in [0.25, 0.3) is 0 Å². The molecule has 0 fully saturated rings. The summed E-state index contributed by atoms with van der Waals surface area (Å²) in [6.07, 6.45) is 0. The SMILES string of the molecule is O=C(COC(=O)c1ccc(CO)cc1)c1ccc(Cl)cc1. The predicted octanol–water partition coefficient (Wildman–Crippen LogP) is 2.87. The third-order valence-electron chi connectivity index (χ3n) is 2.87. The van der Waals surface area contributed by atoms with Gasteiger partial charge >= 0.3 is 5.97 Å². The van der Waals surface area contributed by atoms with Gasteiger partial charge in [0.25, 0.3) is 0 Å². The molecule has 0 unspecified atom stereocenters. The first-order chi connectivity index (χ1) is 10.1. The van der Waals surface area contributed by atoms with E-state index in [-0.39, 0.29) is 19.0 Å². The van der Waals surface area contributed by atoms with Gasteiger partial charge < -0.3 is 9.84 Å². The maximum absolute atomic E-state index is 11.8. The van der Waals surface area contributed by atoms with Gasteiger partial charge in [0, 0.05) is 10.6 Å². The van der Waals surface area contributed by atoms with E-state index in [4.69, 9.17) is 21.4 Å². The van der Waals surface area contributed by atoms with Gasteiger partial charge in [-0.25, -0.2) is 4.79 Å². The molecule has 0 aromatic heterocycles. The smallest absolute Gasteiger partial charge is 0.338 e. The van der Waals surface area contributed by atoms with Crippen LogP contribution in [-0.2, 0) is 11.3 Å². The summed E-state index contributed by atoms with van der Waals surface area (Å²) in [7, 11) is 0. The van der Waals surface area contributed by atoms with Crippen molar-refractivity contribution in [3.8, 4) is 0 Å². The number of ether oxygens (including phenoxy) is 1. The number of hydrogen-bond donors (Lipinski definition) is 1. The number of carbonyl (C=O) groups is 2. The van der Waals surface area contributed by atoms with Crippen LogP contribution in [0.4, 0.5) is 0 Å². The quantitative estimate of drug-likeness (QED) is 0.681. The van der Waals surface area contributed by atoms with E-state index in [2.05, 4.69) is 0 Å². The summed E-state index contributed by atoms with van der Waals surface area (Å²) < 4.78 is 4.96. The molecule has 108 valence electrons. The molecule has 0 aliphatic carbocycles. The number of Topliss-reactive ketones (excluding diaryl/α,β-unsaturated/α-hetero) is 1. The Morgan fingerprint density at radius 1 is 0.952 bits per heavy atom. The Labute approximate surface area is 126 Å². The van der Waals surface area contributed by atoms with E-state index in [9.17, 15) is 9.59 Å². The van der Waals surface area contributed by atoms with Gasteiger partial charge in [0.05, 0.1) is 12.2 Å². The number of hydrogen-bond acceptors (Lipinski definition) is 4. The van der Waals surface area contributed by atoms with Crippen molar-refractivity contribution in [2.24, 2.45) is 0 Å². The lowest BCUT2D eigenvalue weighted by molar-refractivity contribution is 0.0474. The Kier molecular flexibility index (Phi) is 5.09. The molecule has 0 radical (unpaired) electrons. The molecule has 5 heteroatoms. The molecule has 0 aliphatic rings. The second kappa shape index (κ2) is 7.02. The van der Waals surface area contributed by atoms with Crippen LogP contribution in [0.2, 0.25) is 5.02 Å². The molecule has 1 N–H and O–H groups in total. The van der Waals surface area contributed by atoms with Crippen molar-refractivity contribution < 1.29 is 19.4 Å². The highest BCUT2D eigenvalue weighted by Crippen LogP contribution is 2.11. The van der Waals surface area contributed by atoms with Gasteiger partial charge in [0.2, 0.25) is 0 Å². The molecule has 0 aliphatic heterocycles. The summed E-state index contributed by atoms with van der Waals surface area (Å²) in [5, 5.41) is 9.45. The number of aliphatic hydroxyl groups excluding tert-OH is 1. The van der Waals surface area contributed by atoms with Crippen molar-refractivity contribution in [3.63, 3.8) is 0 Å². The number of carbonyl (C=O) groups excluding carboxylic acids is 2. The van der Waals surface area contributed by atoms with Gasteiger partial charge in [-0.1, -0.05) is 23.7 Å². The molecule has 0 bridgehead atoms. The van der Waals surface area contributed by atoms with Crippen molar-refractivity contribution in [3.05, 3.63) is 70.2 Å². The van der Waals surface area contributed by atoms with Crippen LogP contribution in [0.5, 0.6) is 0 Å². The van der Waals surface area contributed by atoms with Gasteiger partial charge in [-0.05, 0) is 42.0 Å². The second-order valence-electron chi connectivity index (χ2n) is 4.36. The third kappa shape index (κ3) is 4.15. The molecule has 0 saturated carbocycles. The number of halogens is 1. The molecule has 0 amide bonds. The predicted molar refractivity (Wildman–Crippen MR) is 78.4 cm³/mol. The lowest BCUT2D eigenvalue weighted by Gasteiger charge is -2.05. The maximum atomic E-state index is 11.8. The van der Waals surface area contributed by atoms with Crippen molar-refractivity contribution >= 4 is 23.4 Å². The lowest BCUT2D eigenvalue weighted by Crippen LogP contribution is -2.14. The summed E-state index contributed by atoms with van der Waals surface area (Å²) in [6.45, 7) is -0.424. The molecular formula is C16H13ClO4.